The summed E-state index contributed by atoms with van der Waals surface area (Å²) in [5, 5.41) is 3.16. The summed E-state index contributed by atoms with van der Waals surface area (Å²) in [4.78, 5) is 14.1. The van der Waals surface area contributed by atoms with Crippen LogP contribution in [0.1, 0.15) is 25.8 Å². The average Bonchev–Trinajstić information content (AvgIpc) is 2.86. The lowest BCUT2D eigenvalue weighted by Gasteiger charge is -2.30. The van der Waals surface area contributed by atoms with E-state index in [1.165, 1.54) is 23.1 Å². The fraction of sp³-hybridized carbons (Fsp3) is 0.533. The molecule has 0 aromatic heterocycles. The van der Waals surface area contributed by atoms with Gasteiger partial charge in [-0.1, -0.05) is 6.07 Å². The van der Waals surface area contributed by atoms with Crippen molar-refractivity contribution in [3.8, 4) is 0 Å². The van der Waals surface area contributed by atoms with Crippen molar-refractivity contribution in [2.45, 2.75) is 26.8 Å². The van der Waals surface area contributed by atoms with E-state index < -0.39 is 17.0 Å². The molecular weight excluding hydrogens is 298 g/mol. The van der Waals surface area contributed by atoms with E-state index in [9.17, 15) is 13.6 Å². The molecule has 0 radical (unpaired) electrons. The molecule has 21 heavy (non-hydrogen) atoms. The van der Waals surface area contributed by atoms with E-state index in [0.717, 1.165) is 13.0 Å². The second-order valence-electron chi connectivity index (χ2n) is 5.51. The predicted molar refractivity (Wildman–Crippen MR) is 80.3 cm³/mol. The van der Waals surface area contributed by atoms with Gasteiger partial charge in [-0.2, -0.15) is 0 Å². The number of amides is 1. The van der Waals surface area contributed by atoms with Crippen molar-refractivity contribution < 1.29 is 13.6 Å². The van der Waals surface area contributed by atoms with Crippen molar-refractivity contribution >= 4 is 18.3 Å². The molecule has 1 aromatic rings. The Morgan fingerprint density at radius 1 is 1.38 bits per heavy atom. The molecule has 0 spiro atoms. The molecule has 118 valence electrons. The van der Waals surface area contributed by atoms with Gasteiger partial charge in [0.1, 0.15) is 11.6 Å². The summed E-state index contributed by atoms with van der Waals surface area (Å²) in [6.07, 6.45) is 0.752. The number of hydrogen-bond donors (Lipinski definition) is 1. The summed E-state index contributed by atoms with van der Waals surface area (Å²) in [6.45, 7) is 5.54. The van der Waals surface area contributed by atoms with Crippen LogP contribution >= 0.6 is 12.4 Å². The highest BCUT2D eigenvalue weighted by Gasteiger charge is 2.39. The third-order valence-electron chi connectivity index (χ3n) is 3.96. The van der Waals surface area contributed by atoms with Crippen molar-refractivity contribution in [2.24, 2.45) is 5.41 Å². The van der Waals surface area contributed by atoms with Crippen LogP contribution in [0, 0.1) is 17.0 Å². The van der Waals surface area contributed by atoms with Crippen LogP contribution in [0.3, 0.4) is 0 Å². The van der Waals surface area contributed by atoms with Gasteiger partial charge in [-0.05, 0) is 38.9 Å². The molecule has 0 aliphatic carbocycles. The highest BCUT2D eigenvalue weighted by atomic mass is 35.5. The van der Waals surface area contributed by atoms with Crippen LogP contribution < -0.4 is 5.32 Å². The Morgan fingerprint density at radius 2 is 2.00 bits per heavy atom. The molecule has 1 aliphatic rings. The van der Waals surface area contributed by atoms with Crippen molar-refractivity contribution in [3.63, 3.8) is 0 Å². The Balaban J connectivity index is 0.00000220. The first-order valence-corrected chi connectivity index (χ1v) is 6.91. The van der Waals surface area contributed by atoms with Gasteiger partial charge >= 0.3 is 0 Å². The number of benzene rings is 1. The summed E-state index contributed by atoms with van der Waals surface area (Å²) in [7, 11) is 0. The highest BCUT2D eigenvalue weighted by molar-refractivity contribution is 5.85. The molecule has 1 N–H and O–H groups in total. The van der Waals surface area contributed by atoms with E-state index >= 15 is 0 Å². The molecule has 0 saturated carbocycles. The van der Waals surface area contributed by atoms with Gasteiger partial charge in [0, 0.05) is 18.7 Å². The minimum absolute atomic E-state index is 0. The van der Waals surface area contributed by atoms with Crippen LogP contribution in [0.15, 0.2) is 18.2 Å². The Morgan fingerprint density at radius 3 is 2.48 bits per heavy atom. The molecule has 3 nitrogen and oxygen atoms in total. The maximum atomic E-state index is 13.7. The first-order chi connectivity index (χ1) is 9.48. The fourth-order valence-corrected chi connectivity index (χ4v) is 2.58. The number of halogens is 3. The monoisotopic (exact) mass is 318 g/mol. The van der Waals surface area contributed by atoms with E-state index in [-0.39, 0.29) is 30.4 Å². The van der Waals surface area contributed by atoms with Crippen molar-refractivity contribution in [2.75, 3.05) is 19.6 Å². The van der Waals surface area contributed by atoms with Gasteiger partial charge in [-0.3, -0.25) is 4.79 Å². The van der Waals surface area contributed by atoms with Crippen LogP contribution in [0.4, 0.5) is 8.78 Å². The quantitative estimate of drug-likeness (QED) is 0.926. The number of carbonyl (C=O) groups is 1. The largest absolute Gasteiger partial charge is 0.338 e. The Kier molecular flexibility index (Phi) is 6.10. The highest BCUT2D eigenvalue weighted by Crippen LogP contribution is 2.28. The van der Waals surface area contributed by atoms with Gasteiger partial charge in [0.25, 0.3) is 0 Å². The molecule has 1 aliphatic heterocycles. The van der Waals surface area contributed by atoms with E-state index in [1.54, 1.807) is 0 Å². The maximum absolute atomic E-state index is 13.7. The van der Waals surface area contributed by atoms with Gasteiger partial charge in [-0.15, -0.1) is 12.4 Å². The molecule has 0 bridgehead atoms. The van der Waals surface area contributed by atoms with Crippen molar-refractivity contribution in [1.29, 1.82) is 0 Å². The summed E-state index contributed by atoms with van der Waals surface area (Å²) in [5.74, 6) is -1.26. The normalized spacial score (nSPS) is 21.0. The minimum Gasteiger partial charge on any atom is -0.338 e. The fourth-order valence-electron chi connectivity index (χ4n) is 2.58. The second kappa shape index (κ2) is 7.18. The van der Waals surface area contributed by atoms with E-state index in [4.69, 9.17) is 0 Å². The van der Waals surface area contributed by atoms with Gasteiger partial charge in [0.15, 0.2) is 0 Å². The zero-order valence-electron chi connectivity index (χ0n) is 12.3. The van der Waals surface area contributed by atoms with Gasteiger partial charge < -0.3 is 10.2 Å². The molecule has 1 atom stereocenters. The molecule has 1 heterocycles. The Hall–Kier alpha value is -1.20. The predicted octanol–water partition coefficient (Wildman–Crippen LogP) is 2.73. The number of rotatable bonds is 4. The second-order valence-corrected chi connectivity index (χ2v) is 5.51. The number of nitrogens with one attached hydrogen (secondary N) is 1. The molecule has 1 fully saturated rings. The maximum Gasteiger partial charge on any atom is 0.230 e. The van der Waals surface area contributed by atoms with E-state index in [1.807, 2.05) is 13.8 Å². The molecule has 1 aromatic carbocycles. The summed E-state index contributed by atoms with van der Waals surface area (Å²) >= 11 is 0. The third-order valence-corrected chi connectivity index (χ3v) is 3.96. The molecule has 1 unspecified atom stereocenters. The lowest BCUT2D eigenvalue weighted by molar-refractivity contribution is -0.140. The zero-order valence-corrected chi connectivity index (χ0v) is 13.1. The first-order valence-electron chi connectivity index (χ1n) is 6.91. The summed E-state index contributed by atoms with van der Waals surface area (Å²) < 4.78 is 27.4. The molecule has 1 saturated heterocycles. The molecular formula is C15H21ClF2N2O. The van der Waals surface area contributed by atoms with Crippen LogP contribution in [0.5, 0.6) is 0 Å². The van der Waals surface area contributed by atoms with Crippen LogP contribution in [0.2, 0.25) is 0 Å². The van der Waals surface area contributed by atoms with Crippen molar-refractivity contribution in [1.82, 2.24) is 10.2 Å². The SMILES string of the molecule is CCN(Cc1c(F)cccc1F)C(=O)C1(C)CCNC1.Cl. The Bertz CT molecular complexity index is 484. The first kappa shape index (κ1) is 17.9. The standard InChI is InChI=1S/C15H20F2N2O.ClH/c1-3-19(14(20)15(2)7-8-18-10-15)9-11-12(16)5-4-6-13(11)17;/h4-6,18H,3,7-10H2,1-2H3;1H. The van der Waals surface area contributed by atoms with E-state index in [0.29, 0.717) is 13.1 Å². The van der Waals surface area contributed by atoms with Crippen LogP contribution in [-0.4, -0.2) is 30.4 Å². The lowest BCUT2D eigenvalue weighted by Crippen LogP contribution is -2.43. The summed E-state index contributed by atoms with van der Waals surface area (Å²) in [5.41, 5.74) is -0.519. The topological polar surface area (TPSA) is 32.3 Å². The minimum atomic E-state index is -0.606. The molecule has 6 heteroatoms. The lowest BCUT2D eigenvalue weighted by atomic mass is 9.88. The van der Waals surface area contributed by atoms with Gasteiger partial charge in [0.2, 0.25) is 5.91 Å². The molecule has 1 amide bonds. The van der Waals surface area contributed by atoms with E-state index in [2.05, 4.69) is 5.32 Å². The van der Waals surface area contributed by atoms with Gasteiger partial charge in [0.05, 0.1) is 12.0 Å². The van der Waals surface area contributed by atoms with Crippen molar-refractivity contribution in [3.05, 3.63) is 35.4 Å². The van der Waals surface area contributed by atoms with Crippen LogP contribution in [0.25, 0.3) is 0 Å². The zero-order chi connectivity index (χ0) is 14.8. The third kappa shape index (κ3) is 3.71. The average molecular weight is 319 g/mol. The van der Waals surface area contributed by atoms with Gasteiger partial charge in [-0.25, -0.2) is 8.78 Å². The Labute approximate surface area is 130 Å². The number of nitrogens with zero attached hydrogens (tertiary/aromatic N) is 1. The summed E-state index contributed by atoms with van der Waals surface area (Å²) in [6, 6.07) is 3.76. The number of hydrogen-bond acceptors (Lipinski definition) is 2. The smallest absolute Gasteiger partial charge is 0.230 e. The molecule has 2 rings (SSSR count). The number of carbonyl (C=O) groups excluding carboxylic acids is 1. The van der Waals surface area contributed by atoms with Crippen LogP contribution in [-0.2, 0) is 11.3 Å².